The second-order valence-electron chi connectivity index (χ2n) is 7.96. The van der Waals surface area contributed by atoms with E-state index in [0.717, 1.165) is 43.8 Å². The number of aryl methyl sites for hydroxylation is 1. The van der Waals surface area contributed by atoms with Crippen LogP contribution in [-0.4, -0.2) is 40.5 Å². The van der Waals surface area contributed by atoms with E-state index in [2.05, 4.69) is 52.0 Å². The van der Waals surface area contributed by atoms with Crippen molar-refractivity contribution < 1.29 is 4.74 Å². The molecule has 1 heterocycles. The normalized spacial score (nSPS) is 16.5. The fraction of sp³-hybridized carbons (Fsp3) is 0.591. The maximum Gasteiger partial charge on any atom is 0.192 e. The first kappa shape index (κ1) is 21.3. The molecular formula is C22H34N6O. The van der Waals surface area contributed by atoms with Crippen molar-refractivity contribution in [2.45, 2.75) is 52.6 Å². The fourth-order valence-corrected chi connectivity index (χ4v) is 3.32. The Labute approximate surface area is 174 Å². The molecule has 2 aromatic rings. The quantitative estimate of drug-likeness (QED) is 0.365. The van der Waals surface area contributed by atoms with Crippen molar-refractivity contribution >= 4 is 5.96 Å². The Bertz CT molecular complexity index is 797. The van der Waals surface area contributed by atoms with E-state index in [1.165, 1.54) is 18.4 Å². The maximum atomic E-state index is 5.57. The lowest BCUT2D eigenvalue weighted by atomic mass is 10.0. The second kappa shape index (κ2) is 9.87. The van der Waals surface area contributed by atoms with Crippen LogP contribution in [0.5, 0.6) is 0 Å². The number of benzene rings is 1. The molecule has 3 rings (SSSR count). The summed E-state index contributed by atoms with van der Waals surface area (Å²) in [7, 11) is 1.97. The predicted molar refractivity (Wildman–Crippen MR) is 116 cm³/mol. The summed E-state index contributed by atoms with van der Waals surface area (Å²) in [5, 5.41) is 15.5. The summed E-state index contributed by atoms with van der Waals surface area (Å²) in [4.78, 5) is 4.80. The molecule has 158 valence electrons. The molecule has 1 unspecified atom stereocenters. The lowest BCUT2D eigenvalue weighted by Gasteiger charge is -2.22. The van der Waals surface area contributed by atoms with Crippen molar-refractivity contribution in [3.63, 3.8) is 0 Å². The zero-order valence-electron chi connectivity index (χ0n) is 18.1. The monoisotopic (exact) mass is 398 g/mol. The highest BCUT2D eigenvalue weighted by molar-refractivity contribution is 5.80. The smallest absolute Gasteiger partial charge is 0.192 e. The van der Waals surface area contributed by atoms with Gasteiger partial charge >= 0.3 is 0 Å². The van der Waals surface area contributed by atoms with Crippen molar-refractivity contribution in [2.75, 3.05) is 19.8 Å². The van der Waals surface area contributed by atoms with Gasteiger partial charge in [0, 0.05) is 26.8 Å². The highest BCUT2D eigenvalue weighted by atomic mass is 16.5. The maximum absolute atomic E-state index is 5.57. The number of nitrogens with zero attached hydrogens (tertiary/aromatic N) is 4. The Hall–Kier alpha value is -2.41. The van der Waals surface area contributed by atoms with Gasteiger partial charge in [-0.1, -0.05) is 30.3 Å². The molecule has 1 aromatic carbocycles. The molecule has 0 spiro atoms. The molecule has 0 radical (unpaired) electrons. The standard InChI is InChI=1S/C22H34N6O/c1-5-29-14-13-22(11-12-22)16-24-21(23-15-20-27-26-18(3)28(20)4)25-17(2)19-9-7-6-8-10-19/h6-10,17H,5,11-16H2,1-4H3,(H2,23,24,25). The molecule has 0 amide bonds. The first-order chi connectivity index (χ1) is 14.0. The van der Waals surface area contributed by atoms with Crippen molar-refractivity contribution in [3.05, 3.63) is 47.5 Å². The van der Waals surface area contributed by atoms with Crippen molar-refractivity contribution in [3.8, 4) is 0 Å². The molecule has 0 bridgehead atoms. The zero-order valence-corrected chi connectivity index (χ0v) is 18.1. The Morgan fingerprint density at radius 1 is 1.28 bits per heavy atom. The van der Waals surface area contributed by atoms with Crippen LogP contribution in [0.4, 0.5) is 0 Å². The van der Waals surface area contributed by atoms with E-state index in [-0.39, 0.29) is 6.04 Å². The number of hydrogen-bond acceptors (Lipinski definition) is 4. The molecule has 1 aromatic heterocycles. The summed E-state index contributed by atoms with van der Waals surface area (Å²) in [6.07, 6.45) is 3.59. The Morgan fingerprint density at radius 3 is 2.66 bits per heavy atom. The van der Waals surface area contributed by atoms with Crippen LogP contribution < -0.4 is 10.6 Å². The molecule has 1 aliphatic carbocycles. The van der Waals surface area contributed by atoms with Crippen molar-refractivity contribution in [2.24, 2.45) is 17.5 Å². The van der Waals surface area contributed by atoms with Crippen LogP contribution >= 0.6 is 0 Å². The molecule has 0 aliphatic heterocycles. The van der Waals surface area contributed by atoms with Gasteiger partial charge in [0.1, 0.15) is 12.4 Å². The minimum absolute atomic E-state index is 0.155. The van der Waals surface area contributed by atoms with E-state index in [1.54, 1.807) is 0 Å². The molecule has 2 N–H and O–H groups in total. The average molecular weight is 399 g/mol. The highest BCUT2D eigenvalue weighted by Gasteiger charge is 2.42. The van der Waals surface area contributed by atoms with Gasteiger partial charge in [0.2, 0.25) is 0 Å². The van der Waals surface area contributed by atoms with E-state index in [9.17, 15) is 0 Å². The number of nitrogens with one attached hydrogen (secondary N) is 2. The first-order valence-electron chi connectivity index (χ1n) is 10.6. The van der Waals surface area contributed by atoms with Gasteiger partial charge in [0.15, 0.2) is 11.8 Å². The fourth-order valence-electron chi connectivity index (χ4n) is 3.32. The largest absolute Gasteiger partial charge is 0.382 e. The number of hydrogen-bond donors (Lipinski definition) is 2. The summed E-state index contributed by atoms with van der Waals surface area (Å²) >= 11 is 0. The average Bonchev–Trinajstić information content (AvgIpc) is 3.44. The van der Waals surface area contributed by atoms with Gasteiger partial charge in [-0.05, 0) is 51.0 Å². The molecule has 1 fully saturated rings. The lowest BCUT2D eigenvalue weighted by molar-refractivity contribution is 0.128. The van der Waals surface area contributed by atoms with Crippen LogP contribution in [0.1, 0.15) is 56.4 Å². The van der Waals surface area contributed by atoms with Gasteiger partial charge in [-0.15, -0.1) is 10.2 Å². The van der Waals surface area contributed by atoms with Gasteiger partial charge in [0.05, 0.1) is 6.04 Å². The van der Waals surface area contributed by atoms with Crippen LogP contribution in [0.3, 0.4) is 0 Å². The van der Waals surface area contributed by atoms with Gasteiger partial charge in [-0.25, -0.2) is 4.99 Å². The van der Waals surface area contributed by atoms with E-state index in [0.29, 0.717) is 12.0 Å². The number of aliphatic imine (C=N–C) groups is 1. The molecule has 1 atom stereocenters. The molecule has 0 saturated heterocycles. The zero-order chi connectivity index (χ0) is 20.7. The summed E-state index contributed by atoms with van der Waals surface area (Å²) in [5.41, 5.74) is 1.57. The third-order valence-electron chi connectivity index (χ3n) is 5.78. The third-order valence-corrected chi connectivity index (χ3v) is 5.78. The highest BCUT2D eigenvalue weighted by Crippen LogP contribution is 2.48. The first-order valence-corrected chi connectivity index (χ1v) is 10.6. The van der Waals surface area contributed by atoms with Crippen molar-refractivity contribution in [1.29, 1.82) is 0 Å². The van der Waals surface area contributed by atoms with E-state index in [4.69, 9.17) is 9.73 Å². The SMILES string of the molecule is CCOCCC1(CNC(=NCc2nnc(C)n2C)NC(C)c2ccccc2)CC1. The number of ether oxygens (including phenoxy) is 1. The van der Waals surface area contributed by atoms with E-state index < -0.39 is 0 Å². The molecule has 7 heteroatoms. The summed E-state index contributed by atoms with van der Waals surface area (Å²) < 4.78 is 7.55. The summed E-state index contributed by atoms with van der Waals surface area (Å²) in [6.45, 7) is 9.16. The molecule has 7 nitrogen and oxygen atoms in total. The van der Waals surface area contributed by atoms with Crippen molar-refractivity contribution in [1.82, 2.24) is 25.4 Å². The number of aromatic nitrogens is 3. The Balaban J connectivity index is 1.65. The molecule has 1 saturated carbocycles. The molecule has 1 aliphatic rings. The van der Waals surface area contributed by atoms with E-state index in [1.807, 2.05) is 31.5 Å². The second-order valence-corrected chi connectivity index (χ2v) is 7.96. The van der Waals surface area contributed by atoms with Gasteiger partial charge < -0.3 is 19.9 Å². The Kier molecular flexibility index (Phi) is 7.25. The van der Waals surface area contributed by atoms with Crippen LogP contribution in [0.2, 0.25) is 0 Å². The summed E-state index contributed by atoms with van der Waals surface area (Å²) in [5.74, 6) is 2.56. The van der Waals surface area contributed by atoms with Gasteiger partial charge in [-0.3, -0.25) is 0 Å². The Morgan fingerprint density at radius 2 is 2.03 bits per heavy atom. The summed E-state index contributed by atoms with van der Waals surface area (Å²) in [6, 6.07) is 10.6. The van der Waals surface area contributed by atoms with Gasteiger partial charge in [0.25, 0.3) is 0 Å². The van der Waals surface area contributed by atoms with Crippen LogP contribution in [0, 0.1) is 12.3 Å². The number of guanidine groups is 1. The lowest BCUT2D eigenvalue weighted by Crippen LogP contribution is -2.41. The topological polar surface area (TPSA) is 76.4 Å². The van der Waals surface area contributed by atoms with Crippen LogP contribution in [0.15, 0.2) is 35.3 Å². The third kappa shape index (κ3) is 6.03. The van der Waals surface area contributed by atoms with E-state index >= 15 is 0 Å². The molecular weight excluding hydrogens is 364 g/mol. The molecule has 29 heavy (non-hydrogen) atoms. The minimum Gasteiger partial charge on any atom is -0.382 e. The van der Waals surface area contributed by atoms with Crippen LogP contribution in [0.25, 0.3) is 0 Å². The number of rotatable bonds is 10. The predicted octanol–water partition coefficient (Wildman–Crippen LogP) is 3.13. The van der Waals surface area contributed by atoms with Crippen LogP contribution in [-0.2, 0) is 18.3 Å². The minimum atomic E-state index is 0.155. The van der Waals surface area contributed by atoms with Gasteiger partial charge in [-0.2, -0.15) is 0 Å².